The lowest BCUT2D eigenvalue weighted by atomic mass is 10.1. The molecule has 0 aliphatic rings. The van der Waals surface area contributed by atoms with Gasteiger partial charge < -0.3 is 10.7 Å². The lowest BCUT2D eigenvalue weighted by molar-refractivity contribution is 0.797. The second-order valence-electron chi connectivity index (χ2n) is 2.87. The first kappa shape index (κ1) is 9.36. The summed E-state index contributed by atoms with van der Waals surface area (Å²) in [6.45, 7) is 0. The molecule has 0 aliphatic heterocycles. The van der Waals surface area contributed by atoms with Crippen molar-refractivity contribution in [2.45, 2.75) is 6.04 Å². The van der Waals surface area contributed by atoms with Crippen molar-refractivity contribution in [2.24, 2.45) is 5.73 Å². The summed E-state index contributed by atoms with van der Waals surface area (Å²) in [6.07, 6.45) is 5.12. The molecule has 0 aliphatic carbocycles. The minimum Gasteiger partial charge on any atom is -0.335 e. The van der Waals surface area contributed by atoms with Crippen LogP contribution in [-0.4, -0.2) is 15.0 Å². The first-order valence-electron chi connectivity index (χ1n) is 4.13. The van der Waals surface area contributed by atoms with Gasteiger partial charge in [0, 0.05) is 12.4 Å². The third-order valence-electron chi connectivity index (χ3n) is 1.92. The first-order valence-corrected chi connectivity index (χ1v) is 4.92. The number of halogens is 1. The van der Waals surface area contributed by atoms with Gasteiger partial charge in [0.1, 0.15) is 10.4 Å². The fraction of sp³-hybridized carbons (Fsp3) is 0.111. The molecule has 0 spiro atoms. The van der Waals surface area contributed by atoms with Crippen LogP contribution in [0.4, 0.5) is 0 Å². The number of H-pyrrole nitrogens is 1. The number of nitrogens with one attached hydrogen (secondary N) is 1. The van der Waals surface area contributed by atoms with Gasteiger partial charge in [0.05, 0.1) is 12.2 Å². The predicted molar refractivity (Wildman–Crippen MR) is 56.6 cm³/mol. The second kappa shape index (κ2) is 3.89. The Morgan fingerprint density at radius 2 is 2.07 bits per heavy atom. The molecule has 2 heterocycles. The van der Waals surface area contributed by atoms with Gasteiger partial charge in [0.2, 0.25) is 0 Å². The van der Waals surface area contributed by atoms with Crippen LogP contribution in [0, 0.1) is 0 Å². The number of nitrogens with zero attached hydrogens (tertiary/aromatic N) is 2. The van der Waals surface area contributed by atoms with Crippen molar-refractivity contribution in [3.8, 4) is 0 Å². The molecule has 4 nitrogen and oxygen atoms in total. The van der Waals surface area contributed by atoms with Gasteiger partial charge in [-0.2, -0.15) is 0 Å². The van der Waals surface area contributed by atoms with Crippen LogP contribution in [0.15, 0.2) is 35.3 Å². The highest BCUT2D eigenvalue weighted by atomic mass is 79.9. The van der Waals surface area contributed by atoms with Crippen LogP contribution in [0.5, 0.6) is 0 Å². The van der Waals surface area contributed by atoms with Crippen LogP contribution < -0.4 is 5.73 Å². The van der Waals surface area contributed by atoms with Crippen LogP contribution in [0.25, 0.3) is 0 Å². The minimum atomic E-state index is -0.232. The molecule has 1 atom stereocenters. The van der Waals surface area contributed by atoms with Crippen molar-refractivity contribution in [1.82, 2.24) is 15.0 Å². The maximum Gasteiger partial charge on any atom is 0.128 e. The number of imidazole rings is 1. The predicted octanol–water partition coefficient (Wildman–Crippen LogP) is 1.62. The second-order valence-corrected chi connectivity index (χ2v) is 3.73. The molecule has 0 fully saturated rings. The van der Waals surface area contributed by atoms with E-state index in [-0.39, 0.29) is 6.04 Å². The summed E-state index contributed by atoms with van der Waals surface area (Å²) < 4.78 is 0.831. The summed E-state index contributed by atoms with van der Waals surface area (Å²) >= 11 is 3.29. The van der Waals surface area contributed by atoms with E-state index in [0.29, 0.717) is 0 Å². The molecule has 0 saturated heterocycles. The Kier molecular flexibility index (Phi) is 2.60. The highest BCUT2D eigenvalue weighted by Gasteiger charge is 2.11. The van der Waals surface area contributed by atoms with Gasteiger partial charge >= 0.3 is 0 Å². The van der Waals surface area contributed by atoms with Gasteiger partial charge in [-0.05, 0) is 33.6 Å². The summed E-state index contributed by atoms with van der Waals surface area (Å²) in [4.78, 5) is 11.1. The molecule has 72 valence electrons. The van der Waals surface area contributed by atoms with Crippen molar-refractivity contribution < 1.29 is 0 Å². The average Bonchev–Trinajstić information content (AvgIpc) is 2.65. The van der Waals surface area contributed by atoms with Crippen LogP contribution in [0.1, 0.15) is 17.4 Å². The molecule has 2 aromatic heterocycles. The molecule has 0 radical (unpaired) electrons. The molecular formula is C9H9BrN4. The van der Waals surface area contributed by atoms with E-state index in [1.807, 2.05) is 12.1 Å². The monoisotopic (exact) mass is 252 g/mol. The quantitative estimate of drug-likeness (QED) is 0.854. The molecule has 14 heavy (non-hydrogen) atoms. The number of aromatic amines is 1. The first-order chi connectivity index (χ1) is 6.77. The SMILES string of the molecule is NC(c1ccncc1)c1ncc(Br)[nH]1. The minimum absolute atomic E-state index is 0.232. The molecule has 2 rings (SSSR count). The Morgan fingerprint density at radius 1 is 1.36 bits per heavy atom. The van der Waals surface area contributed by atoms with Crippen LogP contribution in [-0.2, 0) is 0 Å². The van der Waals surface area contributed by atoms with Gasteiger partial charge in [0.15, 0.2) is 0 Å². The molecule has 0 bridgehead atoms. The van der Waals surface area contributed by atoms with Crippen molar-refractivity contribution in [2.75, 3.05) is 0 Å². The lowest BCUT2D eigenvalue weighted by Gasteiger charge is -2.07. The summed E-state index contributed by atoms with van der Waals surface area (Å²) in [5, 5.41) is 0. The zero-order chi connectivity index (χ0) is 9.97. The number of rotatable bonds is 2. The molecule has 2 aromatic rings. The topological polar surface area (TPSA) is 67.6 Å². The van der Waals surface area contributed by atoms with E-state index in [1.165, 1.54) is 0 Å². The summed E-state index contributed by atoms with van der Waals surface area (Å²) in [6, 6.07) is 3.52. The summed E-state index contributed by atoms with van der Waals surface area (Å²) in [5.41, 5.74) is 6.98. The van der Waals surface area contributed by atoms with Gasteiger partial charge in [-0.3, -0.25) is 4.98 Å². The Hall–Kier alpha value is -1.20. The summed E-state index contributed by atoms with van der Waals surface area (Å²) in [7, 11) is 0. The van der Waals surface area contributed by atoms with Crippen LogP contribution >= 0.6 is 15.9 Å². The van der Waals surface area contributed by atoms with Gasteiger partial charge in [0.25, 0.3) is 0 Å². The van der Waals surface area contributed by atoms with E-state index in [0.717, 1.165) is 16.0 Å². The maximum absolute atomic E-state index is 5.99. The third kappa shape index (κ3) is 1.83. The van der Waals surface area contributed by atoms with Gasteiger partial charge in [-0.15, -0.1) is 0 Å². The zero-order valence-electron chi connectivity index (χ0n) is 7.31. The van der Waals surface area contributed by atoms with Gasteiger partial charge in [-0.1, -0.05) is 0 Å². The van der Waals surface area contributed by atoms with Gasteiger partial charge in [-0.25, -0.2) is 4.98 Å². The Morgan fingerprint density at radius 3 is 2.64 bits per heavy atom. The Balaban J connectivity index is 2.29. The normalized spacial score (nSPS) is 12.7. The average molecular weight is 253 g/mol. The van der Waals surface area contributed by atoms with Crippen LogP contribution in [0.3, 0.4) is 0 Å². The van der Waals surface area contributed by atoms with Crippen LogP contribution in [0.2, 0.25) is 0 Å². The Bertz CT molecular complexity index is 412. The summed E-state index contributed by atoms with van der Waals surface area (Å²) in [5.74, 6) is 0.739. The number of hydrogen-bond donors (Lipinski definition) is 2. The number of nitrogens with two attached hydrogens (primary N) is 1. The molecule has 0 amide bonds. The fourth-order valence-electron chi connectivity index (χ4n) is 1.20. The van der Waals surface area contributed by atoms with E-state index in [9.17, 15) is 0 Å². The molecular weight excluding hydrogens is 244 g/mol. The van der Waals surface area contributed by atoms with E-state index in [4.69, 9.17) is 5.73 Å². The van der Waals surface area contributed by atoms with Crippen molar-refractivity contribution in [1.29, 1.82) is 0 Å². The van der Waals surface area contributed by atoms with Crippen molar-refractivity contribution in [3.63, 3.8) is 0 Å². The highest BCUT2D eigenvalue weighted by molar-refractivity contribution is 9.10. The van der Waals surface area contributed by atoms with Crippen molar-refractivity contribution >= 4 is 15.9 Å². The van der Waals surface area contributed by atoms with Crippen molar-refractivity contribution in [3.05, 3.63) is 46.7 Å². The number of pyridine rings is 1. The lowest BCUT2D eigenvalue weighted by Crippen LogP contribution is -2.13. The maximum atomic E-state index is 5.99. The van der Waals surface area contributed by atoms with E-state index in [2.05, 4.69) is 30.9 Å². The molecule has 0 saturated carbocycles. The molecule has 5 heteroatoms. The van der Waals surface area contributed by atoms with E-state index < -0.39 is 0 Å². The van der Waals surface area contributed by atoms with E-state index in [1.54, 1.807) is 18.6 Å². The zero-order valence-corrected chi connectivity index (χ0v) is 8.90. The third-order valence-corrected chi connectivity index (χ3v) is 2.33. The number of aromatic nitrogens is 3. The largest absolute Gasteiger partial charge is 0.335 e. The molecule has 1 unspecified atom stereocenters. The highest BCUT2D eigenvalue weighted by Crippen LogP contribution is 2.17. The smallest absolute Gasteiger partial charge is 0.128 e. The Labute approximate surface area is 89.7 Å². The molecule has 0 aromatic carbocycles. The van der Waals surface area contributed by atoms with E-state index >= 15 is 0 Å². The molecule has 3 N–H and O–H groups in total. The standard InChI is InChI=1S/C9H9BrN4/c10-7-5-13-9(14-7)8(11)6-1-3-12-4-2-6/h1-5,8H,11H2,(H,13,14). The fourth-order valence-corrected chi connectivity index (χ4v) is 1.51. The number of hydrogen-bond acceptors (Lipinski definition) is 3.